The van der Waals surface area contributed by atoms with Crippen molar-refractivity contribution < 1.29 is 14.3 Å². The van der Waals surface area contributed by atoms with E-state index < -0.39 is 12.6 Å². The number of hydrogen-bond donors (Lipinski definition) is 1. The van der Waals surface area contributed by atoms with Crippen LogP contribution in [0, 0.1) is 0 Å². The van der Waals surface area contributed by atoms with Crippen LogP contribution in [0.15, 0.2) is 0 Å². The van der Waals surface area contributed by atoms with E-state index >= 15 is 0 Å². The Labute approximate surface area is 71.6 Å². The maximum atomic E-state index is 10.5. The van der Waals surface area contributed by atoms with Crippen molar-refractivity contribution >= 4 is 51.5 Å². The van der Waals surface area contributed by atoms with Crippen molar-refractivity contribution in [2.24, 2.45) is 0 Å². The van der Waals surface area contributed by atoms with Crippen LogP contribution in [-0.4, -0.2) is 63.2 Å². The van der Waals surface area contributed by atoms with Gasteiger partial charge in [-0.15, -0.1) is 0 Å². The van der Waals surface area contributed by atoms with Crippen molar-refractivity contribution in [1.82, 2.24) is 0 Å². The van der Waals surface area contributed by atoms with Crippen molar-refractivity contribution in [3.63, 3.8) is 0 Å². The molecule has 0 amide bonds. The first-order chi connectivity index (χ1) is 2.27. The van der Waals surface area contributed by atoms with Gasteiger partial charge in [0.15, 0.2) is 6.67 Å². The molecule has 34 valence electrons. The molecule has 4 heteroatoms. The van der Waals surface area contributed by atoms with Crippen LogP contribution >= 0.6 is 0 Å². The third-order valence-corrected chi connectivity index (χ3v) is 0.114. The predicted octanol–water partition coefficient (Wildman–Crippen LogP) is -0.876. The van der Waals surface area contributed by atoms with Gasteiger partial charge in [0.2, 0.25) is 0 Å². The molecule has 0 spiro atoms. The average Bonchev–Trinajstić information content (AvgIpc) is 1.38. The van der Waals surface area contributed by atoms with Gasteiger partial charge in [0.25, 0.3) is 0 Å². The van der Waals surface area contributed by atoms with E-state index in [2.05, 4.69) is 0 Å². The van der Waals surface area contributed by atoms with Crippen LogP contribution in [0.3, 0.4) is 0 Å². The van der Waals surface area contributed by atoms with Crippen LogP contribution in [0.5, 0.6) is 0 Å². The molecule has 6 heavy (non-hydrogen) atoms. The standard InChI is InChI=1S/C2H3FO2.Sr.2H/c3-1-2(4)5;;;/h1H2,(H,4,5);;;. The van der Waals surface area contributed by atoms with Crippen molar-refractivity contribution in [2.45, 2.75) is 0 Å². The average molecular weight is 168 g/mol. The summed E-state index contributed by atoms with van der Waals surface area (Å²) < 4.78 is 10.5. The number of carboxylic acid groups (broad SMARTS) is 1. The number of alkyl halides is 1. The Kier molecular flexibility index (Phi) is 9.79. The Morgan fingerprint density at radius 3 is 2.00 bits per heavy atom. The van der Waals surface area contributed by atoms with Gasteiger partial charge in [-0.3, -0.25) is 0 Å². The molecule has 0 aromatic carbocycles. The number of hydrogen-bond acceptors (Lipinski definition) is 1. The van der Waals surface area contributed by atoms with Crippen LogP contribution in [0.25, 0.3) is 0 Å². The molecule has 0 radical (unpaired) electrons. The molecule has 1 N–H and O–H groups in total. The van der Waals surface area contributed by atoms with Gasteiger partial charge in [-0.05, 0) is 0 Å². The van der Waals surface area contributed by atoms with Crippen molar-refractivity contribution in [2.75, 3.05) is 6.67 Å². The first-order valence-corrected chi connectivity index (χ1v) is 1.05. The van der Waals surface area contributed by atoms with E-state index in [1.54, 1.807) is 0 Å². The third kappa shape index (κ3) is 8.86. The minimum absolute atomic E-state index is 0. The fraction of sp³-hybridized carbons (Fsp3) is 0.500. The summed E-state index contributed by atoms with van der Waals surface area (Å²) in [5.74, 6) is -1.41. The number of carboxylic acids is 1. The number of rotatable bonds is 1. The molecule has 0 saturated heterocycles. The number of carbonyl (C=O) groups is 1. The van der Waals surface area contributed by atoms with E-state index in [1.807, 2.05) is 0 Å². The van der Waals surface area contributed by atoms with Crippen LogP contribution in [0.2, 0.25) is 0 Å². The Morgan fingerprint density at radius 1 is 1.83 bits per heavy atom. The van der Waals surface area contributed by atoms with Crippen molar-refractivity contribution in [3.05, 3.63) is 0 Å². The minimum atomic E-state index is -1.41. The molecule has 0 aliphatic carbocycles. The first-order valence-electron chi connectivity index (χ1n) is 1.05. The van der Waals surface area contributed by atoms with Crippen molar-refractivity contribution in [3.8, 4) is 0 Å². The van der Waals surface area contributed by atoms with Gasteiger partial charge in [-0.25, -0.2) is 9.18 Å². The molecule has 0 bridgehead atoms. The normalized spacial score (nSPS) is 6.17. The fourth-order valence-corrected chi connectivity index (χ4v) is 0. The third-order valence-electron chi connectivity index (χ3n) is 0.114. The Balaban J connectivity index is 0. The molecular formula is C2H5FO2Sr. The molecule has 0 fully saturated rings. The molecule has 0 aliphatic rings. The SMILES string of the molecule is O=C(O)CF.[SrH2]. The summed E-state index contributed by atoms with van der Waals surface area (Å²) in [6, 6.07) is 0. The second-order valence-electron chi connectivity index (χ2n) is 0.527. The van der Waals surface area contributed by atoms with Gasteiger partial charge >= 0.3 is 51.5 Å². The Bertz CT molecular complexity index is 46.8. The molecule has 0 atom stereocenters. The van der Waals surface area contributed by atoms with E-state index in [0.717, 1.165) is 0 Å². The summed E-state index contributed by atoms with van der Waals surface area (Å²) in [7, 11) is 0. The van der Waals surface area contributed by atoms with Crippen molar-refractivity contribution in [1.29, 1.82) is 0 Å². The molecule has 0 saturated carbocycles. The Morgan fingerprint density at radius 2 is 2.00 bits per heavy atom. The van der Waals surface area contributed by atoms with Gasteiger partial charge in [0, 0.05) is 0 Å². The maximum absolute atomic E-state index is 10.5. The summed E-state index contributed by atoms with van der Waals surface area (Å²) in [5.41, 5.74) is 0. The summed E-state index contributed by atoms with van der Waals surface area (Å²) in [6.45, 7) is -1.28. The molecule has 0 aliphatic heterocycles. The number of halogens is 1. The van der Waals surface area contributed by atoms with Gasteiger partial charge in [-0.1, -0.05) is 0 Å². The van der Waals surface area contributed by atoms with E-state index in [-0.39, 0.29) is 45.5 Å². The van der Waals surface area contributed by atoms with E-state index in [1.165, 1.54) is 0 Å². The summed E-state index contributed by atoms with van der Waals surface area (Å²) >= 11 is 0. The molecular weight excluding hydrogens is 163 g/mol. The van der Waals surface area contributed by atoms with Gasteiger partial charge < -0.3 is 5.11 Å². The van der Waals surface area contributed by atoms with Gasteiger partial charge in [0.05, 0.1) is 0 Å². The zero-order valence-corrected chi connectivity index (χ0v) is 2.44. The second kappa shape index (κ2) is 5.88. The first kappa shape index (κ1) is 9.99. The van der Waals surface area contributed by atoms with E-state index in [9.17, 15) is 4.39 Å². The molecule has 0 rings (SSSR count). The predicted molar refractivity (Wildman–Crippen MR) is 22.2 cm³/mol. The van der Waals surface area contributed by atoms with Crippen LogP contribution in [0.4, 0.5) is 4.39 Å². The number of aliphatic carboxylic acids is 1. The summed E-state index contributed by atoms with van der Waals surface area (Å²) in [6.07, 6.45) is 0. The topological polar surface area (TPSA) is 37.3 Å². The van der Waals surface area contributed by atoms with Gasteiger partial charge in [-0.2, -0.15) is 0 Å². The van der Waals surface area contributed by atoms with E-state index in [4.69, 9.17) is 9.90 Å². The van der Waals surface area contributed by atoms with Crippen LogP contribution < -0.4 is 0 Å². The monoisotopic (exact) mass is 168 g/mol. The summed E-state index contributed by atoms with van der Waals surface area (Å²) in [4.78, 5) is 8.99. The molecule has 0 unspecified atom stereocenters. The second-order valence-corrected chi connectivity index (χ2v) is 0.527. The Hall–Kier alpha value is 0.881. The zero-order valence-electron chi connectivity index (χ0n) is 2.44. The fourth-order valence-electron chi connectivity index (χ4n) is 0. The summed E-state index contributed by atoms with van der Waals surface area (Å²) in [5, 5.41) is 7.35. The van der Waals surface area contributed by atoms with Crippen LogP contribution in [0.1, 0.15) is 0 Å². The van der Waals surface area contributed by atoms with Gasteiger partial charge in [0.1, 0.15) is 0 Å². The van der Waals surface area contributed by atoms with Crippen LogP contribution in [-0.2, 0) is 4.79 Å². The quantitative estimate of drug-likeness (QED) is 0.516. The zero-order chi connectivity index (χ0) is 4.28. The molecule has 0 aromatic rings. The molecule has 0 heterocycles. The molecule has 2 nitrogen and oxygen atoms in total. The molecule has 0 aromatic heterocycles. The van der Waals surface area contributed by atoms with E-state index in [0.29, 0.717) is 0 Å².